The first-order valence-corrected chi connectivity index (χ1v) is 10.7. The molecule has 1 aliphatic carbocycles. The third kappa shape index (κ3) is 4.07. The van der Waals surface area contributed by atoms with Crippen LogP contribution in [0.25, 0.3) is 11.1 Å². The zero-order chi connectivity index (χ0) is 21.1. The standard InChI is InChI=1S/C25H27F2N3/c1-2-20-22(26)11-17(12-23(20)27)21-10-6-7-16-13-24(30-25(16)21)18(14-28)15-29-19-8-4-3-5-9-19/h6-7,10-12,14-15,19H,2-5,8-9,13,28H2,1H3. The first-order chi connectivity index (χ1) is 14.6. The maximum atomic E-state index is 14.4. The van der Waals surface area contributed by atoms with Gasteiger partial charge in [0, 0.05) is 41.6 Å². The summed E-state index contributed by atoms with van der Waals surface area (Å²) < 4.78 is 28.7. The fraction of sp³-hybridized carbons (Fsp3) is 0.360. The predicted molar refractivity (Wildman–Crippen MR) is 120 cm³/mol. The fourth-order valence-electron chi connectivity index (χ4n) is 4.35. The molecule has 1 aliphatic heterocycles. The number of hydrogen-bond acceptors (Lipinski definition) is 3. The minimum atomic E-state index is -0.519. The molecule has 1 saturated carbocycles. The second kappa shape index (κ2) is 8.90. The summed E-state index contributed by atoms with van der Waals surface area (Å²) >= 11 is 0. The van der Waals surface area contributed by atoms with Gasteiger partial charge in [-0.3, -0.25) is 9.98 Å². The van der Waals surface area contributed by atoms with E-state index in [1.807, 2.05) is 24.4 Å². The minimum absolute atomic E-state index is 0.114. The van der Waals surface area contributed by atoms with Crippen LogP contribution in [0.4, 0.5) is 14.5 Å². The first-order valence-electron chi connectivity index (χ1n) is 10.7. The van der Waals surface area contributed by atoms with Gasteiger partial charge in [0.2, 0.25) is 0 Å². The van der Waals surface area contributed by atoms with E-state index in [1.54, 1.807) is 13.1 Å². The van der Waals surface area contributed by atoms with Crippen molar-refractivity contribution in [2.24, 2.45) is 15.7 Å². The summed E-state index contributed by atoms with van der Waals surface area (Å²) in [5.74, 6) is -1.04. The van der Waals surface area contributed by atoms with Gasteiger partial charge in [-0.25, -0.2) is 8.78 Å². The second-order valence-electron chi connectivity index (χ2n) is 8.01. The molecule has 2 aromatic rings. The van der Waals surface area contributed by atoms with Crippen molar-refractivity contribution < 1.29 is 8.78 Å². The van der Waals surface area contributed by atoms with Crippen molar-refractivity contribution in [3.8, 4) is 11.1 Å². The van der Waals surface area contributed by atoms with Crippen LogP contribution in [-0.4, -0.2) is 18.0 Å². The van der Waals surface area contributed by atoms with Crippen LogP contribution in [0.15, 0.2) is 52.1 Å². The molecule has 0 unspecified atom stereocenters. The van der Waals surface area contributed by atoms with E-state index in [2.05, 4.69) is 0 Å². The number of halogens is 2. The minimum Gasteiger partial charge on any atom is -0.404 e. The summed E-state index contributed by atoms with van der Waals surface area (Å²) in [6.45, 7) is 1.74. The Bertz CT molecular complexity index is 1010. The van der Waals surface area contributed by atoms with Crippen LogP contribution in [0.3, 0.4) is 0 Å². The lowest BCUT2D eigenvalue weighted by Crippen LogP contribution is -2.12. The van der Waals surface area contributed by atoms with Crippen LogP contribution >= 0.6 is 0 Å². The van der Waals surface area contributed by atoms with Crippen molar-refractivity contribution in [2.45, 2.75) is 57.9 Å². The average Bonchev–Trinajstić information content (AvgIpc) is 3.19. The van der Waals surface area contributed by atoms with E-state index in [9.17, 15) is 8.78 Å². The molecule has 0 spiro atoms. The molecule has 1 heterocycles. The third-order valence-electron chi connectivity index (χ3n) is 6.04. The van der Waals surface area contributed by atoms with Crippen molar-refractivity contribution in [3.63, 3.8) is 0 Å². The Hall–Kier alpha value is -2.82. The molecule has 0 atom stereocenters. The smallest absolute Gasteiger partial charge is 0.129 e. The highest BCUT2D eigenvalue weighted by molar-refractivity contribution is 6.19. The van der Waals surface area contributed by atoms with E-state index >= 15 is 0 Å². The molecule has 0 radical (unpaired) electrons. The molecule has 4 rings (SSSR count). The van der Waals surface area contributed by atoms with Gasteiger partial charge < -0.3 is 5.73 Å². The van der Waals surface area contributed by atoms with Crippen molar-refractivity contribution >= 4 is 17.6 Å². The van der Waals surface area contributed by atoms with E-state index in [0.29, 0.717) is 24.4 Å². The van der Waals surface area contributed by atoms with E-state index < -0.39 is 11.6 Å². The molecule has 2 aliphatic rings. The number of hydrogen-bond donors (Lipinski definition) is 1. The van der Waals surface area contributed by atoms with Gasteiger partial charge in [-0.2, -0.15) is 0 Å². The first kappa shape index (κ1) is 20.5. The van der Waals surface area contributed by atoms with Gasteiger partial charge in [0.1, 0.15) is 11.6 Å². The number of para-hydroxylation sites is 1. The van der Waals surface area contributed by atoms with Gasteiger partial charge in [-0.15, -0.1) is 0 Å². The Morgan fingerprint density at radius 2 is 1.90 bits per heavy atom. The Balaban J connectivity index is 1.65. The lowest BCUT2D eigenvalue weighted by atomic mass is 9.96. The monoisotopic (exact) mass is 407 g/mol. The second-order valence-corrected chi connectivity index (χ2v) is 8.01. The van der Waals surface area contributed by atoms with Crippen LogP contribution in [0.2, 0.25) is 0 Å². The highest BCUT2D eigenvalue weighted by Gasteiger charge is 2.22. The van der Waals surface area contributed by atoms with Gasteiger partial charge in [0.15, 0.2) is 0 Å². The zero-order valence-electron chi connectivity index (χ0n) is 17.3. The number of benzene rings is 2. The van der Waals surface area contributed by atoms with Crippen LogP contribution in [0, 0.1) is 11.6 Å². The lowest BCUT2D eigenvalue weighted by Gasteiger charge is -2.17. The summed E-state index contributed by atoms with van der Waals surface area (Å²) in [5.41, 5.74) is 10.6. The molecule has 5 heteroatoms. The van der Waals surface area contributed by atoms with E-state index in [-0.39, 0.29) is 5.56 Å². The van der Waals surface area contributed by atoms with Crippen molar-refractivity contribution in [2.75, 3.05) is 0 Å². The summed E-state index contributed by atoms with van der Waals surface area (Å²) in [6.07, 6.45) is 10.3. The molecule has 0 bridgehead atoms. The van der Waals surface area contributed by atoms with Gasteiger partial charge in [0.25, 0.3) is 0 Å². The average molecular weight is 408 g/mol. The van der Waals surface area contributed by atoms with Gasteiger partial charge in [-0.1, -0.05) is 44.4 Å². The summed E-state index contributed by atoms with van der Waals surface area (Å²) in [4.78, 5) is 9.53. The van der Waals surface area contributed by atoms with Crippen molar-refractivity contribution in [1.82, 2.24) is 0 Å². The predicted octanol–water partition coefficient (Wildman–Crippen LogP) is 6.07. The Morgan fingerprint density at radius 1 is 1.17 bits per heavy atom. The summed E-state index contributed by atoms with van der Waals surface area (Å²) in [5, 5.41) is 0. The molecule has 0 saturated heterocycles. The van der Waals surface area contributed by atoms with Crippen molar-refractivity contribution in [1.29, 1.82) is 0 Å². The molecule has 30 heavy (non-hydrogen) atoms. The lowest BCUT2D eigenvalue weighted by molar-refractivity contribution is 0.444. The zero-order valence-corrected chi connectivity index (χ0v) is 17.3. The molecular weight excluding hydrogens is 380 g/mol. The largest absolute Gasteiger partial charge is 0.404 e. The normalized spacial score (nSPS) is 17.4. The Labute approximate surface area is 176 Å². The topological polar surface area (TPSA) is 50.7 Å². The highest BCUT2D eigenvalue weighted by Crippen LogP contribution is 2.39. The summed E-state index contributed by atoms with van der Waals surface area (Å²) in [6, 6.07) is 8.90. The van der Waals surface area contributed by atoms with Gasteiger partial charge in [0.05, 0.1) is 11.4 Å². The van der Waals surface area contributed by atoms with E-state index in [4.69, 9.17) is 15.7 Å². The fourth-order valence-corrected chi connectivity index (χ4v) is 4.35. The molecule has 1 fully saturated rings. The maximum absolute atomic E-state index is 14.4. The van der Waals surface area contributed by atoms with Gasteiger partial charge >= 0.3 is 0 Å². The number of allylic oxidation sites excluding steroid dienone is 1. The van der Waals surface area contributed by atoms with Crippen molar-refractivity contribution in [3.05, 3.63) is 64.9 Å². The van der Waals surface area contributed by atoms with E-state index in [1.165, 1.54) is 31.4 Å². The number of nitrogens with two attached hydrogens (primary N) is 1. The third-order valence-corrected chi connectivity index (χ3v) is 6.04. The molecule has 2 aromatic carbocycles. The maximum Gasteiger partial charge on any atom is 0.129 e. The molecule has 156 valence electrons. The molecule has 0 amide bonds. The summed E-state index contributed by atoms with van der Waals surface area (Å²) in [7, 11) is 0. The number of aliphatic imine (C=N–C) groups is 2. The molecule has 2 N–H and O–H groups in total. The molecule has 0 aromatic heterocycles. The Kier molecular flexibility index (Phi) is 6.07. The number of fused-ring (bicyclic) bond motifs is 1. The van der Waals surface area contributed by atoms with Crippen LogP contribution in [-0.2, 0) is 12.8 Å². The highest BCUT2D eigenvalue weighted by atomic mass is 19.1. The van der Waals surface area contributed by atoms with Crippen LogP contribution in [0.5, 0.6) is 0 Å². The van der Waals surface area contributed by atoms with Gasteiger partial charge in [-0.05, 0) is 42.5 Å². The number of rotatable bonds is 5. The SMILES string of the molecule is CCc1c(F)cc(-c2cccc3c2N=C(C(C=NC2CCCCC2)=CN)C3)cc1F. The number of nitrogens with zero attached hydrogens (tertiary/aromatic N) is 2. The van der Waals surface area contributed by atoms with E-state index in [0.717, 1.165) is 40.9 Å². The quantitative estimate of drug-likeness (QED) is 0.601. The Morgan fingerprint density at radius 3 is 2.57 bits per heavy atom. The van der Waals surface area contributed by atoms with Crippen LogP contribution < -0.4 is 5.73 Å². The van der Waals surface area contributed by atoms with Crippen LogP contribution in [0.1, 0.15) is 50.2 Å². The molecule has 3 nitrogen and oxygen atoms in total. The molecular formula is C25H27F2N3.